The third-order valence-electron chi connectivity index (χ3n) is 5.68. The molecule has 1 saturated heterocycles. The average Bonchev–Trinajstić information content (AvgIpc) is 2.69. The summed E-state index contributed by atoms with van der Waals surface area (Å²) in [4.78, 5) is 27.0. The molecule has 0 spiro atoms. The van der Waals surface area contributed by atoms with Crippen molar-refractivity contribution in [2.24, 2.45) is 5.92 Å². The van der Waals surface area contributed by atoms with Crippen LogP contribution in [-0.2, 0) is 4.79 Å². The molecule has 1 aromatic rings. The monoisotopic (exact) mass is 389 g/mol. The Hall–Kier alpha value is -1.69. The van der Waals surface area contributed by atoms with Crippen molar-refractivity contribution < 1.29 is 9.59 Å². The Morgan fingerprint density at radius 3 is 2.56 bits per heavy atom. The summed E-state index contributed by atoms with van der Waals surface area (Å²) in [5.74, 6) is 2.90. The second kappa shape index (κ2) is 9.49. The number of amides is 2. The van der Waals surface area contributed by atoms with Gasteiger partial charge in [0.1, 0.15) is 0 Å². The first kappa shape index (κ1) is 20.1. The Morgan fingerprint density at radius 1 is 1.15 bits per heavy atom. The van der Waals surface area contributed by atoms with E-state index in [1.807, 2.05) is 41.8 Å². The van der Waals surface area contributed by atoms with Crippen molar-refractivity contribution in [3.05, 3.63) is 29.3 Å². The molecule has 27 heavy (non-hydrogen) atoms. The van der Waals surface area contributed by atoms with E-state index < -0.39 is 0 Å². The van der Waals surface area contributed by atoms with Gasteiger partial charge in [0.25, 0.3) is 5.91 Å². The number of carbonyl (C=O) groups is 2. The number of thioether (sulfide) groups is 1. The van der Waals surface area contributed by atoms with Gasteiger partial charge in [-0.2, -0.15) is 11.8 Å². The van der Waals surface area contributed by atoms with Crippen LogP contribution in [0.2, 0.25) is 0 Å². The maximum atomic E-state index is 12.8. The molecule has 1 aliphatic carbocycles. The molecule has 1 heterocycles. The molecule has 1 saturated carbocycles. The lowest BCUT2D eigenvalue weighted by atomic mass is 9.87. The highest BCUT2D eigenvalue weighted by molar-refractivity contribution is 7.99. The Kier molecular flexibility index (Phi) is 7.05. The Bertz CT molecular complexity index is 665. The summed E-state index contributed by atoms with van der Waals surface area (Å²) in [6.45, 7) is 6.09. The Labute approximate surface area is 166 Å². The average molecular weight is 390 g/mol. The van der Waals surface area contributed by atoms with Crippen molar-refractivity contribution in [1.29, 1.82) is 0 Å². The van der Waals surface area contributed by atoms with Crippen molar-refractivity contribution in [1.82, 2.24) is 10.2 Å². The Balaban J connectivity index is 1.55. The van der Waals surface area contributed by atoms with E-state index in [1.165, 1.54) is 12.8 Å². The zero-order valence-electron chi connectivity index (χ0n) is 16.4. The summed E-state index contributed by atoms with van der Waals surface area (Å²) in [5.41, 5.74) is 2.51. The molecule has 0 atom stereocenters. The van der Waals surface area contributed by atoms with Crippen LogP contribution in [0.1, 0.15) is 48.5 Å². The maximum absolute atomic E-state index is 12.8. The van der Waals surface area contributed by atoms with E-state index in [9.17, 15) is 9.59 Å². The molecule has 6 heteroatoms. The van der Waals surface area contributed by atoms with Crippen molar-refractivity contribution in [2.75, 3.05) is 36.5 Å². The zero-order chi connectivity index (χ0) is 19.2. The van der Waals surface area contributed by atoms with Gasteiger partial charge in [-0.1, -0.05) is 13.0 Å². The number of nitrogens with zero attached hydrogens (tertiary/aromatic N) is 1. The predicted octanol–water partition coefficient (Wildman–Crippen LogP) is 3.29. The molecule has 3 rings (SSSR count). The van der Waals surface area contributed by atoms with Gasteiger partial charge in [0.2, 0.25) is 5.91 Å². The minimum atomic E-state index is 0.0266. The van der Waals surface area contributed by atoms with E-state index in [1.54, 1.807) is 0 Å². The smallest absolute Gasteiger partial charge is 0.254 e. The van der Waals surface area contributed by atoms with E-state index in [2.05, 4.69) is 17.6 Å². The summed E-state index contributed by atoms with van der Waals surface area (Å²) in [7, 11) is 0. The molecule has 0 unspecified atom stereocenters. The normalized spacial score (nSPS) is 23.0. The number of rotatable bonds is 5. The standard InChI is InChI=1S/C21H31N3O2S/c1-15-6-8-17(9-7-15)23-20(25)14-22-19-5-3-4-18(16(19)2)21(26)24-10-12-27-13-11-24/h3-5,15,17,22H,6-14H2,1-2H3,(H,23,25). The third-order valence-corrected chi connectivity index (χ3v) is 6.63. The highest BCUT2D eigenvalue weighted by atomic mass is 32.2. The quantitative estimate of drug-likeness (QED) is 0.811. The van der Waals surface area contributed by atoms with Crippen LogP contribution in [0.15, 0.2) is 18.2 Å². The van der Waals surface area contributed by atoms with Crippen LogP contribution in [0, 0.1) is 12.8 Å². The van der Waals surface area contributed by atoms with Gasteiger partial charge >= 0.3 is 0 Å². The molecule has 0 radical (unpaired) electrons. The lowest BCUT2D eigenvalue weighted by Gasteiger charge is -2.27. The van der Waals surface area contributed by atoms with Gasteiger partial charge in [0.15, 0.2) is 0 Å². The molecular formula is C21H31N3O2S. The van der Waals surface area contributed by atoms with Crippen LogP contribution in [0.5, 0.6) is 0 Å². The van der Waals surface area contributed by atoms with Gasteiger partial charge in [-0.25, -0.2) is 0 Å². The predicted molar refractivity (Wildman–Crippen MR) is 112 cm³/mol. The fraction of sp³-hybridized carbons (Fsp3) is 0.619. The molecular weight excluding hydrogens is 358 g/mol. The molecule has 148 valence electrons. The minimum Gasteiger partial charge on any atom is -0.376 e. The molecule has 1 aliphatic heterocycles. The summed E-state index contributed by atoms with van der Waals surface area (Å²) < 4.78 is 0. The van der Waals surface area contributed by atoms with E-state index in [4.69, 9.17) is 0 Å². The van der Waals surface area contributed by atoms with Gasteiger partial charge in [-0.3, -0.25) is 9.59 Å². The summed E-state index contributed by atoms with van der Waals surface area (Å²) in [5, 5.41) is 6.36. The van der Waals surface area contributed by atoms with Crippen LogP contribution in [0.3, 0.4) is 0 Å². The van der Waals surface area contributed by atoms with E-state index in [-0.39, 0.29) is 18.4 Å². The third kappa shape index (κ3) is 5.41. The van der Waals surface area contributed by atoms with Crippen molar-refractivity contribution in [3.8, 4) is 0 Å². The van der Waals surface area contributed by atoms with E-state index in [0.29, 0.717) is 6.04 Å². The second-order valence-electron chi connectivity index (χ2n) is 7.76. The molecule has 2 N–H and O–H groups in total. The highest BCUT2D eigenvalue weighted by Crippen LogP contribution is 2.24. The van der Waals surface area contributed by atoms with Crippen LogP contribution < -0.4 is 10.6 Å². The fourth-order valence-electron chi connectivity index (χ4n) is 3.85. The van der Waals surface area contributed by atoms with Gasteiger partial charge in [0.05, 0.1) is 6.54 Å². The second-order valence-corrected chi connectivity index (χ2v) is 8.99. The summed E-state index contributed by atoms with van der Waals surface area (Å²) in [6.07, 6.45) is 4.53. The SMILES string of the molecule is Cc1c(NCC(=O)NC2CCC(C)CC2)cccc1C(=O)N1CCSCC1. The first-order valence-corrected chi connectivity index (χ1v) is 11.2. The summed E-state index contributed by atoms with van der Waals surface area (Å²) in [6, 6.07) is 6.02. The van der Waals surface area contributed by atoms with Crippen molar-refractivity contribution >= 4 is 29.3 Å². The number of carbonyl (C=O) groups excluding carboxylic acids is 2. The van der Waals surface area contributed by atoms with Crippen LogP contribution >= 0.6 is 11.8 Å². The fourth-order valence-corrected chi connectivity index (χ4v) is 4.76. The molecule has 2 aliphatic rings. The van der Waals surface area contributed by atoms with Crippen LogP contribution in [0.25, 0.3) is 0 Å². The largest absolute Gasteiger partial charge is 0.376 e. The van der Waals surface area contributed by atoms with Crippen LogP contribution in [-0.4, -0.2) is 53.9 Å². The highest BCUT2D eigenvalue weighted by Gasteiger charge is 2.22. The van der Waals surface area contributed by atoms with Crippen molar-refractivity contribution in [2.45, 2.75) is 45.6 Å². The van der Waals surface area contributed by atoms with E-state index in [0.717, 1.165) is 60.2 Å². The van der Waals surface area contributed by atoms with Gasteiger partial charge in [-0.05, 0) is 56.2 Å². The zero-order valence-corrected chi connectivity index (χ0v) is 17.2. The molecule has 0 bridgehead atoms. The van der Waals surface area contributed by atoms with E-state index >= 15 is 0 Å². The number of hydrogen-bond acceptors (Lipinski definition) is 4. The molecule has 2 amide bonds. The molecule has 2 fully saturated rings. The first-order chi connectivity index (χ1) is 13.0. The minimum absolute atomic E-state index is 0.0266. The number of nitrogens with one attached hydrogen (secondary N) is 2. The Morgan fingerprint density at radius 2 is 1.85 bits per heavy atom. The molecule has 5 nitrogen and oxygen atoms in total. The number of benzene rings is 1. The lowest BCUT2D eigenvalue weighted by molar-refractivity contribution is -0.120. The summed E-state index contributed by atoms with van der Waals surface area (Å²) >= 11 is 1.89. The van der Waals surface area contributed by atoms with Gasteiger partial charge < -0.3 is 15.5 Å². The van der Waals surface area contributed by atoms with Gasteiger partial charge in [-0.15, -0.1) is 0 Å². The lowest BCUT2D eigenvalue weighted by Crippen LogP contribution is -2.40. The number of anilines is 1. The molecule has 1 aromatic carbocycles. The maximum Gasteiger partial charge on any atom is 0.254 e. The van der Waals surface area contributed by atoms with Gasteiger partial charge in [0, 0.05) is 41.9 Å². The van der Waals surface area contributed by atoms with Crippen LogP contribution in [0.4, 0.5) is 5.69 Å². The first-order valence-electron chi connectivity index (χ1n) is 10.0. The molecule has 0 aromatic heterocycles. The van der Waals surface area contributed by atoms with Crippen molar-refractivity contribution in [3.63, 3.8) is 0 Å². The number of hydrogen-bond donors (Lipinski definition) is 2. The topological polar surface area (TPSA) is 61.4 Å².